The van der Waals surface area contributed by atoms with Gasteiger partial charge in [-0.05, 0) is 37.4 Å². The van der Waals surface area contributed by atoms with Crippen molar-refractivity contribution in [2.24, 2.45) is 0 Å². The van der Waals surface area contributed by atoms with Gasteiger partial charge in [0, 0.05) is 76.9 Å². The zero-order valence-corrected chi connectivity index (χ0v) is 17.2. The van der Waals surface area contributed by atoms with Crippen LogP contribution in [0.4, 0.5) is 23.1 Å². The summed E-state index contributed by atoms with van der Waals surface area (Å²) in [5, 5.41) is 3.38. The Hall–Kier alpha value is -2.87. The highest BCUT2D eigenvalue weighted by Crippen LogP contribution is 2.22. The van der Waals surface area contributed by atoms with Crippen molar-refractivity contribution in [2.45, 2.75) is 6.92 Å². The molecule has 1 amide bonds. The molecule has 154 valence electrons. The lowest BCUT2D eigenvalue weighted by Gasteiger charge is -2.34. The summed E-state index contributed by atoms with van der Waals surface area (Å²) >= 11 is 0. The summed E-state index contributed by atoms with van der Waals surface area (Å²) in [5.74, 6) is 1.60. The quantitative estimate of drug-likeness (QED) is 0.844. The number of rotatable bonds is 4. The van der Waals surface area contributed by atoms with Crippen molar-refractivity contribution in [3.05, 3.63) is 36.5 Å². The second-order valence-electron chi connectivity index (χ2n) is 7.70. The summed E-state index contributed by atoms with van der Waals surface area (Å²) in [5.41, 5.74) is 2.27. The molecule has 0 spiro atoms. The molecular weight excluding hydrogens is 366 g/mol. The van der Waals surface area contributed by atoms with E-state index in [1.807, 2.05) is 11.0 Å². The molecule has 3 heterocycles. The molecular formula is C21H29N7O. The fraction of sp³-hybridized carbons (Fsp3) is 0.476. The molecule has 2 aromatic rings. The average Bonchev–Trinajstić information content (AvgIpc) is 2.75. The first-order valence-electron chi connectivity index (χ1n) is 10.2. The van der Waals surface area contributed by atoms with Crippen molar-refractivity contribution in [1.29, 1.82) is 0 Å². The Kier molecular flexibility index (Phi) is 5.80. The third-order valence-electron chi connectivity index (χ3n) is 5.66. The summed E-state index contributed by atoms with van der Waals surface area (Å²) in [6, 6.07) is 10.4. The third-order valence-corrected chi connectivity index (χ3v) is 5.66. The van der Waals surface area contributed by atoms with Gasteiger partial charge in [0.05, 0.1) is 0 Å². The van der Waals surface area contributed by atoms with Gasteiger partial charge in [0.2, 0.25) is 11.9 Å². The van der Waals surface area contributed by atoms with Gasteiger partial charge >= 0.3 is 0 Å². The second kappa shape index (κ2) is 8.65. The molecule has 0 bridgehead atoms. The van der Waals surface area contributed by atoms with Crippen LogP contribution in [-0.4, -0.2) is 85.1 Å². The zero-order valence-electron chi connectivity index (χ0n) is 17.2. The van der Waals surface area contributed by atoms with E-state index in [-0.39, 0.29) is 5.91 Å². The summed E-state index contributed by atoms with van der Waals surface area (Å²) in [7, 11) is 2.17. The fourth-order valence-corrected chi connectivity index (χ4v) is 3.76. The van der Waals surface area contributed by atoms with Gasteiger partial charge in [-0.3, -0.25) is 4.79 Å². The Morgan fingerprint density at radius 2 is 1.55 bits per heavy atom. The molecule has 1 aromatic heterocycles. The van der Waals surface area contributed by atoms with Crippen LogP contribution >= 0.6 is 0 Å². The Morgan fingerprint density at radius 3 is 2.21 bits per heavy atom. The van der Waals surface area contributed by atoms with E-state index in [4.69, 9.17) is 0 Å². The van der Waals surface area contributed by atoms with Crippen LogP contribution in [0.1, 0.15) is 6.92 Å². The highest BCUT2D eigenvalue weighted by Gasteiger charge is 2.20. The lowest BCUT2D eigenvalue weighted by atomic mass is 10.2. The molecule has 0 unspecified atom stereocenters. The number of carbonyl (C=O) groups is 1. The molecule has 1 N–H and O–H groups in total. The van der Waals surface area contributed by atoms with E-state index in [9.17, 15) is 4.79 Å². The standard InChI is InChI=1S/C21H29N7O/c1-17(29)26-13-15-28(16-14-26)21-22-8-7-20(24-21)23-18-3-5-19(6-4-18)27-11-9-25(2)10-12-27/h3-8H,9-16H2,1-2H3,(H,22,23,24). The monoisotopic (exact) mass is 395 g/mol. The molecule has 0 saturated carbocycles. The predicted molar refractivity (Wildman–Crippen MR) is 116 cm³/mol. The van der Waals surface area contributed by atoms with Crippen molar-refractivity contribution >= 4 is 29.0 Å². The largest absolute Gasteiger partial charge is 0.369 e. The lowest BCUT2D eigenvalue weighted by molar-refractivity contribution is -0.129. The molecule has 8 heteroatoms. The van der Waals surface area contributed by atoms with Crippen LogP contribution in [0.5, 0.6) is 0 Å². The van der Waals surface area contributed by atoms with E-state index in [1.165, 1.54) is 5.69 Å². The average molecular weight is 396 g/mol. The molecule has 1 aromatic carbocycles. The van der Waals surface area contributed by atoms with Gasteiger partial charge in [0.25, 0.3) is 0 Å². The van der Waals surface area contributed by atoms with Gasteiger partial charge in [-0.25, -0.2) is 4.98 Å². The van der Waals surface area contributed by atoms with Crippen LogP contribution in [0, 0.1) is 0 Å². The number of nitrogens with one attached hydrogen (secondary N) is 1. The van der Waals surface area contributed by atoms with Crippen LogP contribution in [0.3, 0.4) is 0 Å². The number of aromatic nitrogens is 2. The molecule has 0 radical (unpaired) electrons. The minimum absolute atomic E-state index is 0.126. The molecule has 2 aliphatic rings. The minimum atomic E-state index is 0.126. The maximum absolute atomic E-state index is 11.5. The number of likely N-dealkylation sites (N-methyl/N-ethyl adjacent to an activating group) is 1. The molecule has 29 heavy (non-hydrogen) atoms. The summed E-state index contributed by atoms with van der Waals surface area (Å²) in [6.07, 6.45) is 1.78. The lowest BCUT2D eigenvalue weighted by Crippen LogP contribution is -2.48. The van der Waals surface area contributed by atoms with Gasteiger partial charge in [-0.1, -0.05) is 0 Å². The summed E-state index contributed by atoms with van der Waals surface area (Å²) in [4.78, 5) is 29.4. The van der Waals surface area contributed by atoms with Gasteiger partial charge in [0.15, 0.2) is 0 Å². The number of piperazine rings is 2. The molecule has 2 saturated heterocycles. The normalized spacial score (nSPS) is 18.1. The number of anilines is 4. The Bertz CT molecular complexity index is 825. The van der Waals surface area contributed by atoms with Crippen LogP contribution < -0.4 is 15.1 Å². The smallest absolute Gasteiger partial charge is 0.227 e. The maximum atomic E-state index is 11.5. The van der Waals surface area contributed by atoms with Crippen molar-refractivity contribution < 1.29 is 4.79 Å². The number of benzene rings is 1. The first kappa shape index (κ1) is 19.4. The van der Waals surface area contributed by atoms with Gasteiger partial charge < -0.3 is 24.9 Å². The van der Waals surface area contributed by atoms with Gasteiger partial charge in [-0.2, -0.15) is 4.98 Å². The highest BCUT2D eigenvalue weighted by atomic mass is 16.2. The van der Waals surface area contributed by atoms with Crippen LogP contribution in [0.15, 0.2) is 36.5 Å². The van der Waals surface area contributed by atoms with Crippen molar-refractivity contribution in [1.82, 2.24) is 19.8 Å². The van der Waals surface area contributed by atoms with Crippen molar-refractivity contribution in [2.75, 3.05) is 74.5 Å². The Morgan fingerprint density at radius 1 is 0.897 bits per heavy atom. The predicted octanol–water partition coefficient (Wildman–Crippen LogP) is 1.64. The van der Waals surface area contributed by atoms with E-state index in [2.05, 4.69) is 61.3 Å². The highest BCUT2D eigenvalue weighted by molar-refractivity contribution is 5.73. The SMILES string of the molecule is CC(=O)N1CCN(c2nccc(Nc3ccc(N4CCN(C)CC4)cc3)n2)CC1. The number of amides is 1. The van der Waals surface area contributed by atoms with E-state index < -0.39 is 0 Å². The number of nitrogens with zero attached hydrogens (tertiary/aromatic N) is 6. The Labute approximate surface area is 172 Å². The third kappa shape index (κ3) is 4.76. The van der Waals surface area contributed by atoms with Gasteiger partial charge in [-0.15, -0.1) is 0 Å². The number of hydrogen-bond acceptors (Lipinski definition) is 7. The van der Waals surface area contributed by atoms with E-state index in [0.717, 1.165) is 50.8 Å². The second-order valence-corrected chi connectivity index (χ2v) is 7.70. The van der Waals surface area contributed by atoms with Gasteiger partial charge in [0.1, 0.15) is 5.82 Å². The first-order chi connectivity index (χ1) is 14.1. The first-order valence-corrected chi connectivity index (χ1v) is 10.2. The van der Waals surface area contributed by atoms with E-state index >= 15 is 0 Å². The van der Waals surface area contributed by atoms with Crippen LogP contribution in [-0.2, 0) is 4.79 Å². The minimum Gasteiger partial charge on any atom is -0.369 e. The van der Waals surface area contributed by atoms with Crippen molar-refractivity contribution in [3.8, 4) is 0 Å². The zero-order chi connectivity index (χ0) is 20.2. The van der Waals surface area contributed by atoms with Crippen LogP contribution in [0.2, 0.25) is 0 Å². The van der Waals surface area contributed by atoms with E-state index in [1.54, 1.807) is 13.1 Å². The molecule has 8 nitrogen and oxygen atoms in total. The molecule has 0 atom stereocenters. The fourth-order valence-electron chi connectivity index (χ4n) is 3.76. The summed E-state index contributed by atoms with van der Waals surface area (Å²) in [6.45, 7) is 8.88. The topological polar surface area (TPSA) is 67.8 Å². The number of carbonyl (C=O) groups excluding carboxylic acids is 1. The van der Waals surface area contributed by atoms with Crippen molar-refractivity contribution in [3.63, 3.8) is 0 Å². The van der Waals surface area contributed by atoms with Crippen LogP contribution in [0.25, 0.3) is 0 Å². The molecule has 2 aliphatic heterocycles. The number of hydrogen-bond donors (Lipinski definition) is 1. The summed E-state index contributed by atoms with van der Waals surface area (Å²) < 4.78 is 0. The molecule has 0 aliphatic carbocycles. The maximum Gasteiger partial charge on any atom is 0.227 e. The molecule has 2 fully saturated rings. The molecule has 4 rings (SSSR count). The Balaban J connectivity index is 1.37. The van der Waals surface area contributed by atoms with E-state index in [0.29, 0.717) is 19.0 Å².